The van der Waals surface area contributed by atoms with E-state index in [4.69, 9.17) is 5.11 Å². The van der Waals surface area contributed by atoms with Crippen molar-refractivity contribution >= 4 is 0 Å². The van der Waals surface area contributed by atoms with Crippen molar-refractivity contribution in [3.05, 3.63) is 24.5 Å². The molecule has 1 aromatic rings. The third kappa shape index (κ3) is 7.04. The zero-order valence-corrected chi connectivity index (χ0v) is 5.36. The van der Waals surface area contributed by atoms with Crippen LogP contribution in [0.25, 0.3) is 0 Å². The van der Waals surface area contributed by atoms with Crippen molar-refractivity contribution in [2.45, 2.75) is 6.92 Å². The minimum Gasteiger partial charge on any atom is -0.397 e. The highest BCUT2D eigenvalue weighted by Gasteiger charge is 1.59. The van der Waals surface area contributed by atoms with Crippen molar-refractivity contribution in [2.75, 3.05) is 6.61 Å². The number of aliphatic hydroxyl groups excluding tert-OH is 1. The fourth-order valence-electron chi connectivity index (χ4n) is 0.253. The summed E-state index contributed by atoms with van der Waals surface area (Å²) in [5.41, 5.74) is 0. The highest BCUT2D eigenvalue weighted by Crippen LogP contribution is 1.68. The van der Waals surface area contributed by atoms with Gasteiger partial charge in [-0.25, -0.2) is 0 Å². The van der Waals surface area contributed by atoms with Gasteiger partial charge in [-0.2, -0.15) is 10.2 Å². The Labute approximate surface area is 54.4 Å². The summed E-state index contributed by atoms with van der Waals surface area (Å²) in [6, 6.07) is 3.65. The fraction of sp³-hybridized carbons (Fsp3) is 0.333. The molecule has 0 unspecified atom stereocenters. The number of aromatic nitrogens is 2. The number of rotatable bonds is 0. The van der Waals surface area contributed by atoms with Crippen LogP contribution in [-0.2, 0) is 0 Å². The standard InChI is InChI=1S/C4H4N2.C2H6O/c1-2-4-6-5-3-1;1-2-3/h1-4H;3H,2H2,1H3. The molecule has 0 aromatic carbocycles. The Morgan fingerprint density at radius 1 is 1.22 bits per heavy atom. The molecule has 0 aliphatic heterocycles. The Morgan fingerprint density at radius 2 is 1.56 bits per heavy atom. The van der Waals surface area contributed by atoms with Crippen LogP contribution in [0.5, 0.6) is 0 Å². The van der Waals surface area contributed by atoms with Crippen LogP contribution in [0.1, 0.15) is 6.92 Å². The molecule has 3 heteroatoms. The molecule has 1 heterocycles. The molecule has 0 fully saturated rings. The van der Waals surface area contributed by atoms with Gasteiger partial charge in [-0.05, 0) is 19.1 Å². The smallest absolute Gasteiger partial charge is 0.0496 e. The molecule has 0 saturated carbocycles. The van der Waals surface area contributed by atoms with Crippen LogP contribution < -0.4 is 0 Å². The molecule has 0 radical (unpaired) electrons. The number of aliphatic hydroxyl groups is 1. The Hall–Kier alpha value is -0.960. The van der Waals surface area contributed by atoms with E-state index in [2.05, 4.69) is 10.2 Å². The lowest BCUT2D eigenvalue weighted by atomic mass is 10.6. The van der Waals surface area contributed by atoms with Gasteiger partial charge < -0.3 is 5.11 Å². The van der Waals surface area contributed by atoms with Crippen molar-refractivity contribution in [1.29, 1.82) is 0 Å². The van der Waals surface area contributed by atoms with Gasteiger partial charge in [-0.3, -0.25) is 0 Å². The quantitative estimate of drug-likeness (QED) is 0.549. The van der Waals surface area contributed by atoms with Crippen molar-refractivity contribution in [3.8, 4) is 0 Å². The summed E-state index contributed by atoms with van der Waals surface area (Å²) in [4.78, 5) is 0. The van der Waals surface area contributed by atoms with Crippen LogP contribution in [0.2, 0.25) is 0 Å². The second-order valence-electron chi connectivity index (χ2n) is 1.23. The number of hydrogen-bond acceptors (Lipinski definition) is 3. The van der Waals surface area contributed by atoms with Crippen molar-refractivity contribution in [2.24, 2.45) is 0 Å². The van der Waals surface area contributed by atoms with Crippen LogP contribution in [0.15, 0.2) is 24.5 Å². The first kappa shape index (κ1) is 8.04. The van der Waals surface area contributed by atoms with Crippen LogP contribution in [0, 0.1) is 0 Å². The molecule has 1 rings (SSSR count). The second-order valence-corrected chi connectivity index (χ2v) is 1.23. The Kier molecular flexibility index (Phi) is 6.29. The Bertz CT molecular complexity index is 93.9. The van der Waals surface area contributed by atoms with Crippen LogP contribution >= 0.6 is 0 Å². The summed E-state index contributed by atoms with van der Waals surface area (Å²) in [5, 5.41) is 14.6. The normalized spacial score (nSPS) is 7.33. The molecule has 0 spiro atoms. The van der Waals surface area contributed by atoms with E-state index in [0.29, 0.717) is 0 Å². The lowest BCUT2D eigenvalue weighted by Gasteiger charge is -1.69. The van der Waals surface area contributed by atoms with Crippen LogP contribution in [0.4, 0.5) is 0 Å². The van der Waals surface area contributed by atoms with Gasteiger partial charge in [0.15, 0.2) is 0 Å². The van der Waals surface area contributed by atoms with E-state index in [1.165, 1.54) is 0 Å². The zero-order valence-electron chi connectivity index (χ0n) is 5.36. The average Bonchev–Trinajstić information content (AvgIpc) is 1.93. The molecule has 0 aliphatic carbocycles. The first-order valence-electron chi connectivity index (χ1n) is 2.74. The summed E-state index contributed by atoms with van der Waals surface area (Å²) in [5.74, 6) is 0. The van der Waals surface area contributed by atoms with E-state index in [1.54, 1.807) is 19.3 Å². The minimum atomic E-state index is 0.250. The second kappa shape index (κ2) is 7.04. The topological polar surface area (TPSA) is 46.0 Å². The van der Waals surface area contributed by atoms with E-state index in [-0.39, 0.29) is 6.61 Å². The molecule has 0 saturated heterocycles. The number of hydrogen-bond donors (Lipinski definition) is 1. The van der Waals surface area contributed by atoms with Gasteiger partial charge in [0.1, 0.15) is 0 Å². The third-order valence-corrected chi connectivity index (χ3v) is 0.483. The molecule has 1 N–H and O–H groups in total. The van der Waals surface area contributed by atoms with Crippen LogP contribution in [0.3, 0.4) is 0 Å². The van der Waals surface area contributed by atoms with Crippen molar-refractivity contribution < 1.29 is 5.11 Å². The molecule has 1 aromatic heterocycles. The molecular formula is C6H10N2O. The molecule has 50 valence electrons. The van der Waals surface area contributed by atoms with Gasteiger partial charge in [-0.15, -0.1) is 0 Å². The minimum absolute atomic E-state index is 0.250. The lowest BCUT2D eigenvalue weighted by molar-refractivity contribution is 0.318. The summed E-state index contributed by atoms with van der Waals surface area (Å²) in [6.45, 7) is 1.93. The maximum Gasteiger partial charge on any atom is 0.0496 e. The van der Waals surface area contributed by atoms with E-state index < -0.39 is 0 Å². The predicted molar refractivity (Wildman–Crippen MR) is 34.8 cm³/mol. The van der Waals surface area contributed by atoms with Gasteiger partial charge in [0.05, 0.1) is 0 Å². The summed E-state index contributed by atoms with van der Waals surface area (Å²) >= 11 is 0. The number of nitrogens with zero attached hydrogens (tertiary/aromatic N) is 2. The largest absolute Gasteiger partial charge is 0.397 e. The van der Waals surface area contributed by atoms with Gasteiger partial charge in [-0.1, -0.05) is 0 Å². The van der Waals surface area contributed by atoms with Gasteiger partial charge >= 0.3 is 0 Å². The molecule has 9 heavy (non-hydrogen) atoms. The SMILES string of the molecule is CCO.c1ccnnc1. The summed E-state index contributed by atoms with van der Waals surface area (Å²) in [6.07, 6.45) is 3.28. The zero-order chi connectivity index (χ0) is 6.95. The maximum absolute atomic E-state index is 7.57. The molecule has 0 aliphatic rings. The van der Waals surface area contributed by atoms with E-state index in [1.807, 2.05) is 12.1 Å². The summed E-state index contributed by atoms with van der Waals surface area (Å²) in [7, 11) is 0. The molecule has 3 nitrogen and oxygen atoms in total. The van der Waals surface area contributed by atoms with E-state index in [0.717, 1.165) is 0 Å². The first-order valence-corrected chi connectivity index (χ1v) is 2.74. The average molecular weight is 126 g/mol. The molecule has 0 bridgehead atoms. The third-order valence-electron chi connectivity index (χ3n) is 0.483. The first-order chi connectivity index (χ1) is 4.41. The van der Waals surface area contributed by atoms with E-state index >= 15 is 0 Å². The van der Waals surface area contributed by atoms with Crippen LogP contribution in [-0.4, -0.2) is 21.9 Å². The van der Waals surface area contributed by atoms with Gasteiger partial charge in [0.2, 0.25) is 0 Å². The Balaban J connectivity index is 0.000000187. The maximum atomic E-state index is 7.57. The predicted octanol–water partition coefficient (Wildman–Crippen LogP) is 0.475. The lowest BCUT2D eigenvalue weighted by Crippen LogP contribution is -1.69. The monoisotopic (exact) mass is 126 g/mol. The van der Waals surface area contributed by atoms with Gasteiger partial charge in [0, 0.05) is 19.0 Å². The van der Waals surface area contributed by atoms with Gasteiger partial charge in [0.25, 0.3) is 0 Å². The Morgan fingerprint density at radius 3 is 1.67 bits per heavy atom. The van der Waals surface area contributed by atoms with Crippen molar-refractivity contribution in [3.63, 3.8) is 0 Å². The van der Waals surface area contributed by atoms with Crippen molar-refractivity contribution in [1.82, 2.24) is 10.2 Å². The molecule has 0 atom stereocenters. The highest BCUT2D eigenvalue weighted by molar-refractivity contribution is 4.79. The summed E-state index contributed by atoms with van der Waals surface area (Å²) < 4.78 is 0. The van der Waals surface area contributed by atoms with E-state index in [9.17, 15) is 0 Å². The fourth-order valence-corrected chi connectivity index (χ4v) is 0.253. The molecule has 0 amide bonds. The highest BCUT2D eigenvalue weighted by atomic mass is 16.2. The molecular weight excluding hydrogens is 116 g/mol.